The molecule has 0 aromatic carbocycles. The molecule has 0 aliphatic carbocycles. The minimum Gasteiger partial charge on any atom is -0.475 e. The summed E-state index contributed by atoms with van der Waals surface area (Å²) in [5.41, 5.74) is 1.38. The van der Waals surface area contributed by atoms with Gasteiger partial charge in [-0.25, -0.2) is 4.68 Å². The fourth-order valence-corrected chi connectivity index (χ4v) is 2.57. The lowest BCUT2D eigenvalue weighted by atomic mass is 10.3. The van der Waals surface area contributed by atoms with E-state index in [0.717, 1.165) is 11.4 Å². The zero-order chi connectivity index (χ0) is 19.4. The zero-order valence-corrected chi connectivity index (χ0v) is 15.8. The van der Waals surface area contributed by atoms with E-state index in [9.17, 15) is 14.9 Å². The molecule has 1 N–H and O–H groups in total. The van der Waals surface area contributed by atoms with Crippen molar-refractivity contribution in [3.8, 4) is 5.88 Å². The second-order valence-electron chi connectivity index (χ2n) is 5.79. The van der Waals surface area contributed by atoms with Crippen LogP contribution in [0.2, 0.25) is 5.02 Å². The predicted molar refractivity (Wildman–Crippen MR) is 94.5 cm³/mol. The summed E-state index contributed by atoms with van der Waals surface area (Å²) in [6, 6.07) is -0.708. The van der Waals surface area contributed by atoms with Crippen molar-refractivity contribution in [2.45, 2.75) is 39.8 Å². The number of nitro groups is 1. The number of methoxy groups -OCH3 is 1. The standard InChI is InChI=1S/C15H21ClN6O4/c1-9-13(16)10(2)20(18-9)7-5-6-17-14(23)11(3)21-8-12(22(24)25)15(19-21)26-4/h8,11H,5-7H2,1-4H3,(H,17,23). The average Bonchev–Trinajstić information content (AvgIpc) is 3.15. The van der Waals surface area contributed by atoms with Gasteiger partial charge in [-0.05, 0) is 27.2 Å². The van der Waals surface area contributed by atoms with Crippen LogP contribution in [-0.4, -0.2) is 44.0 Å². The maximum absolute atomic E-state index is 12.2. The number of nitrogens with zero attached hydrogens (tertiary/aromatic N) is 5. The molecule has 11 heteroatoms. The number of halogens is 1. The van der Waals surface area contributed by atoms with E-state index in [1.54, 1.807) is 11.6 Å². The molecular weight excluding hydrogens is 364 g/mol. The minimum atomic E-state index is -0.708. The third-order valence-electron chi connectivity index (χ3n) is 3.99. The Morgan fingerprint density at radius 2 is 2.15 bits per heavy atom. The topological polar surface area (TPSA) is 117 Å². The Morgan fingerprint density at radius 3 is 2.65 bits per heavy atom. The summed E-state index contributed by atoms with van der Waals surface area (Å²) in [5, 5.41) is 22.6. The van der Waals surface area contributed by atoms with Crippen LogP contribution in [0, 0.1) is 24.0 Å². The second-order valence-corrected chi connectivity index (χ2v) is 6.17. The van der Waals surface area contributed by atoms with Gasteiger partial charge in [0.15, 0.2) is 0 Å². The fraction of sp³-hybridized carbons (Fsp3) is 0.533. The SMILES string of the molecule is COc1nn(C(C)C(=O)NCCCn2nc(C)c(Cl)c2C)cc1[N+](=O)[O-]. The van der Waals surface area contributed by atoms with Gasteiger partial charge in [0, 0.05) is 13.1 Å². The molecule has 0 aliphatic rings. The number of carbonyl (C=O) groups excluding carboxylic acids is 1. The molecule has 2 rings (SSSR count). The molecule has 2 aromatic rings. The molecule has 2 aromatic heterocycles. The molecule has 0 saturated carbocycles. The Hall–Kier alpha value is -2.62. The molecule has 0 bridgehead atoms. The normalized spacial score (nSPS) is 12.0. The van der Waals surface area contributed by atoms with Crippen LogP contribution in [0.1, 0.15) is 30.8 Å². The summed E-state index contributed by atoms with van der Waals surface area (Å²) < 4.78 is 7.88. The average molecular weight is 385 g/mol. The lowest BCUT2D eigenvalue weighted by molar-refractivity contribution is -0.385. The Labute approximate surface area is 155 Å². The predicted octanol–water partition coefficient (Wildman–Crippen LogP) is 2.03. The highest BCUT2D eigenvalue weighted by Gasteiger charge is 2.25. The molecule has 2 heterocycles. The van der Waals surface area contributed by atoms with E-state index in [2.05, 4.69) is 15.5 Å². The van der Waals surface area contributed by atoms with E-state index in [1.165, 1.54) is 18.0 Å². The number of aryl methyl sites for hydroxylation is 2. The van der Waals surface area contributed by atoms with E-state index in [1.807, 2.05) is 13.8 Å². The van der Waals surface area contributed by atoms with Crippen LogP contribution in [0.25, 0.3) is 0 Å². The summed E-state index contributed by atoms with van der Waals surface area (Å²) in [6.07, 6.45) is 1.85. The highest BCUT2D eigenvalue weighted by atomic mass is 35.5. The largest absolute Gasteiger partial charge is 0.475 e. The molecule has 0 spiro atoms. The Morgan fingerprint density at radius 1 is 1.46 bits per heavy atom. The maximum Gasteiger partial charge on any atom is 0.350 e. The molecule has 1 unspecified atom stereocenters. The molecule has 0 fully saturated rings. The first-order valence-corrected chi connectivity index (χ1v) is 8.38. The van der Waals surface area contributed by atoms with E-state index in [4.69, 9.17) is 16.3 Å². The van der Waals surface area contributed by atoms with Gasteiger partial charge in [-0.3, -0.25) is 19.6 Å². The third-order valence-corrected chi connectivity index (χ3v) is 4.53. The van der Waals surface area contributed by atoms with E-state index >= 15 is 0 Å². The Kier molecular flexibility index (Phi) is 6.19. The molecule has 142 valence electrons. The molecule has 1 amide bonds. The monoisotopic (exact) mass is 384 g/mol. The molecule has 0 aliphatic heterocycles. The number of hydrogen-bond acceptors (Lipinski definition) is 6. The molecular formula is C15H21ClN6O4. The highest BCUT2D eigenvalue weighted by Crippen LogP contribution is 2.26. The first kappa shape index (κ1) is 19.7. The van der Waals surface area contributed by atoms with Crippen LogP contribution in [0.15, 0.2) is 6.20 Å². The molecule has 0 radical (unpaired) electrons. The first-order chi connectivity index (χ1) is 12.3. The van der Waals surface area contributed by atoms with E-state index < -0.39 is 11.0 Å². The summed E-state index contributed by atoms with van der Waals surface area (Å²) in [6.45, 7) is 6.38. The zero-order valence-electron chi connectivity index (χ0n) is 15.0. The number of ether oxygens (including phenoxy) is 1. The number of aromatic nitrogens is 4. The minimum absolute atomic E-state index is 0.129. The third kappa shape index (κ3) is 4.13. The smallest absolute Gasteiger partial charge is 0.350 e. The van der Waals surface area contributed by atoms with Crippen LogP contribution in [-0.2, 0) is 11.3 Å². The van der Waals surface area contributed by atoms with Gasteiger partial charge in [0.25, 0.3) is 0 Å². The first-order valence-electron chi connectivity index (χ1n) is 8.01. The molecule has 0 saturated heterocycles. The molecule has 26 heavy (non-hydrogen) atoms. The Balaban J connectivity index is 1.89. The number of rotatable bonds is 8. The van der Waals surface area contributed by atoms with Crippen LogP contribution in [0.3, 0.4) is 0 Å². The van der Waals surface area contributed by atoms with Crippen molar-refractivity contribution in [2.75, 3.05) is 13.7 Å². The summed E-state index contributed by atoms with van der Waals surface area (Å²) in [4.78, 5) is 22.6. The van der Waals surface area contributed by atoms with Gasteiger partial charge in [-0.15, -0.1) is 5.10 Å². The van der Waals surface area contributed by atoms with Crippen LogP contribution >= 0.6 is 11.6 Å². The summed E-state index contributed by atoms with van der Waals surface area (Å²) >= 11 is 6.10. The van der Waals surface area contributed by atoms with Gasteiger partial charge in [-0.2, -0.15) is 5.10 Å². The molecule has 1 atom stereocenters. The van der Waals surface area contributed by atoms with Crippen LogP contribution in [0.5, 0.6) is 5.88 Å². The van der Waals surface area contributed by atoms with Crippen molar-refractivity contribution in [1.29, 1.82) is 0 Å². The summed E-state index contributed by atoms with van der Waals surface area (Å²) in [7, 11) is 1.29. The second kappa shape index (κ2) is 8.17. The van der Waals surface area contributed by atoms with Gasteiger partial charge in [-0.1, -0.05) is 11.6 Å². The highest BCUT2D eigenvalue weighted by molar-refractivity contribution is 6.31. The number of amides is 1. The molecule has 10 nitrogen and oxygen atoms in total. The lowest BCUT2D eigenvalue weighted by Gasteiger charge is -2.12. The van der Waals surface area contributed by atoms with Gasteiger partial charge in [0.1, 0.15) is 12.2 Å². The summed E-state index contributed by atoms with van der Waals surface area (Å²) in [5.74, 6) is -0.424. The number of hydrogen-bond donors (Lipinski definition) is 1. The van der Waals surface area contributed by atoms with Gasteiger partial charge >= 0.3 is 11.6 Å². The Bertz CT molecular complexity index is 815. The van der Waals surface area contributed by atoms with Crippen LogP contribution in [0.4, 0.5) is 5.69 Å². The van der Waals surface area contributed by atoms with Crippen molar-refractivity contribution in [2.24, 2.45) is 0 Å². The maximum atomic E-state index is 12.2. The van der Waals surface area contributed by atoms with Gasteiger partial charge < -0.3 is 10.1 Å². The quantitative estimate of drug-likeness (QED) is 0.422. The van der Waals surface area contributed by atoms with Crippen molar-refractivity contribution in [3.05, 3.63) is 32.7 Å². The van der Waals surface area contributed by atoms with E-state index in [0.29, 0.717) is 24.5 Å². The van der Waals surface area contributed by atoms with Crippen LogP contribution < -0.4 is 10.1 Å². The van der Waals surface area contributed by atoms with Gasteiger partial charge in [0.05, 0.1) is 28.4 Å². The van der Waals surface area contributed by atoms with E-state index in [-0.39, 0.29) is 17.5 Å². The number of nitrogens with one attached hydrogen (secondary N) is 1. The van der Waals surface area contributed by atoms with Gasteiger partial charge in [0.2, 0.25) is 5.91 Å². The van der Waals surface area contributed by atoms with Crippen molar-refractivity contribution in [1.82, 2.24) is 24.9 Å². The lowest BCUT2D eigenvalue weighted by Crippen LogP contribution is -2.32. The van der Waals surface area contributed by atoms with Crippen molar-refractivity contribution in [3.63, 3.8) is 0 Å². The van der Waals surface area contributed by atoms with Crippen molar-refractivity contribution >= 4 is 23.2 Å². The fourth-order valence-electron chi connectivity index (χ4n) is 2.44. The number of carbonyl (C=O) groups is 1. The van der Waals surface area contributed by atoms with Crippen molar-refractivity contribution < 1.29 is 14.5 Å².